The Bertz CT molecular complexity index is 628. The van der Waals surface area contributed by atoms with Crippen molar-refractivity contribution in [3.05, 3.63) is 38.8 Å². The summed E-state index contributed by atoms with van der Waals surface area (Å²) in [6.07, 6.45) is 2.98. The van der Waals surface area contributed by atoms with E-state index >= 15 is 0 Å². The van der Waals surface area contributed by atoms with Crippen molar-refractivity contribution in [2.75, 3.05) is 0 Å². The van der Waals surface area contributed by atoms with Crippen LogP contribution < -0.4 is 4.73 Å². The molecular formula is C11H11N3O5. The predicted octanol–water partition coefficient (Wildman–Crippen LogP) is 1.41. The quantitative estimate of drug-likeness (QED) is 0.290. The maximum absolute atomic E-state index is 12.1. The highest BCUT2D eigenvalue weighted by Crippen LogP contribution is 2.28. The minimum atomic E-state index is -0.691. The Kier molecular flexibility index (Phi) is 2.44. The highest BCUT2D eigenvalue weighted by molar-refractivity contribution is 5.47. The summed E-state index contributed by atoms with van der Waals surface area (Å²) < 4.78 is 6.35. The number of hydrogen-bond acceptors (Lipinski definition) is 5. The number of nitrogens with zero attached hydrogens (tertiary/aromatic N) is 3. The van der Waals surface area contributed by atoms with Crippen molar-refractivity contribution in [1.29, 1.82) is 0 Å². The Morgan fingerprint density at radius 1 is 1.37 bits per heavy atom. The second kappa shape index (κ2) is 4.01. The lowest BCUT2D eigenvalue weighted by Crippen LogP contribution is -2.32. The van der Waals surface area contributed by atoms with Crippen LogP contribution in [0.15, 0.2) is 16.5 Å². The molecule has 2 aromatic rings. The first kappa shape index (κ1) is 11.6. The molecule has 0 saturated heterocycles. The molecule has 2 heterocycles. The van der Waals surface area contributed by atoms with E-state index in [2.05, 4.69) is 0 Å². The smallest absolute Gasteiger partial charge is 0.433 e. The second-order valence-corrected chi connectivity index (χ2v) is 4.43. The van der Waals surface area contributed by atoms with E-state index in [0.29, 0.717) is 29.0 Å². The molecule has 2 aromatic heterocycles. The van der Waals surface area contributed by atoms with Gasteiger partial charge in [0.15, 0.2) is 11.4 Å². The zero-order chi connectivity index (χ0) is 13.6. The van der Waals surface area contributed by atoms with Crippen molar-refractivity contribution in [2.45, 2.75) is 25.7 Å². The largest absolute Gasteiger partial charge is 0.710 e. The van der Waals surface area contributed by atoms with Crippen LogP contribution in [0.25, 0.3) is 11.6 Å². The van der Waals surface area contributed by atoms with Crippen LogP contribution in [0.2, 0.25) is 0 Å². The number of furan rings is 1. The summed E-state index contributed by atoms with van der Waals surface area (Å²) in [6.45, 7) is 0. The molecule has 0 saturated carbocycles. The van der Waals surface area contributed by atoms with Gasteiger partial charge in [-0.2, -0.15) is 0 Å². The summed E-state index contributed by atoms with van der Waals surface area (Å²) >= 11 is 0. The van der Waals surface area contributed by atoms with Crippen molar-refractivity contribution in [3.63, 3.8) is 0 Å². The van der Waals surface area contributed by atoms with E-state index in [0.717, 1.165) is 23.6 Å². The van der Waals surface area contributed by atoms with Gasteiger partial charge >= 0.3 is 11.7 Å². The van der Waals surface area contributed by atoms with E-state index < -0.39 is 10.8 Å². The zero-order valence-electron chi connectivity index (χ0n) is 9.90. The van der Waals surface area contributed by atoms with Gasteiger partial charge in [0.25, 0.3) is 0 Å². The third kappa shape index (κ3) is 1.64. The van der Waals surface area contributed by atoms with Crippen molar-refractivity contribution in [3.8, 4) is 11.6 Å². The van der Waals surface area contributed by atoms with Gasteiger partial charge in [0, 0.05) is 18.9 Å². The Morgan fingerprint density at radius 3 is 2.74 bits per heavy atom. The van der Waals surface area contributed by atoms with E-state index in [4.69, 9.17) is 4.42 Å². The molecule has 8 heteroatoms. The van der Waals surface area contributed by atoms with Gasteiger partial charge in [-0.15, -0.1) is 0 Å². The lowest BCUT2D eigenvalue weighted by molar-refractivity contribution is -0.603. The Hall–Kier alpha value is -2.51. The molecule has 0 spiro atoms. The van der Waals surface area contributed by atoms with Crippen molar-refractivity contribution in [2.24, 2.45) is 0 Å². The summed E-state index contributed by atoms with van der Waals surface area (Å²) in [5, 5.41) is 32.7. The molecule has 0 fully saturated rings. The van der Waals surface area contributed by atoms with Gasteiger partial charge in [0.05, 0.1) is 6.07 Å². The number of aromatic nitrogens is 2. The summed E-state index contributed by atoms with van der Waals surface area (Å²) in [7, 11) is 0. The summed E-state index contributed by atoms with van der Waals surface area (Å²) in [5.74, 6) is -0.590. The number of nitro groups is 1. The summed E-state index contributed by atoms with van der Waals surface area (Å²) in [4.78, 5) is 9.88. The van der Waals surface area contributed by atoms with Gasteiger partial charge < -0.3 is 14.8 Å². The molecule has 1 N–H and O–H groups in total. The molecule has 19 heavy (non-hydrogen) atoms. The highest BCUT2D eigenvalue weighted by atomic mass is 16.6. The molecule has 0 amide bonds. The van der Waals surface area contributed by atoms with Crippen LogP contribution in [0, 0.1) is 15.3 Å². The Balaban J connectivity index is 2.14. The third-order valence-electron chi connectivity index (χ3n) is 3.30. The Morgan fingerprint density at radius 2 is 2.11 bits per heavy atom. The van der Waals surface area contributed by atoms with Crippen LogP contribution in [-0.4, -0.2) is 14.9 Å². The number of rotatable bonds is 2. The molecule has 0 aliphatic heterocycles. The molecule has 0 atom stereocenters. The Labute approximate surface area is 107 Å². The molecule has 0 bridgehead atoms. The topological polar surface area (TPSA) is 108 Å². The van der Waals surface area contributed by atoms with Gasteiger partial charge in [-0.25, -0.2) is 4.73 Å². The average Bonchev–Trinajstić information content (AvgIpc) is 2.96. The van der Waals surface area contributed by atoms with Crippen LogP contribution in [-0.2, 0) is 12.8 Å². The lowest BCUT2D eigenvalue weighted by Gasteiger charge is -2.08. The summed E-state index contributed by atoms with van der Waals surface area (Å²) in [6, 6.07) is 2.46. The van der Waals surface area contributed by atoms with E-state index in [-0.39, 0.29) is 11.6 Å². The number of imidazole rings is 1. The van der Waals surface area contributed by atoms with Gasteiger partial charge in [0.1, 0.15) is 4.92 Å². The fourth-order valence-electron chi connectivity index (χ4n) is 2.41. The maximum atomic E-state index is 12.1. The zero-order valence-corrected chi connectivity index (χ0v) is 9.90. The SMILES string of the molecule is O=[N+]([O-])c1ccc(-c2n(O)c3c([n+]2[O-])CCCC3)o1. The molecule has 0 unspecified atom stereocenters. The molecule has 1 aliphatic rings. The standard InChI is InChI=1S/C11H11N3O5/c15-12-7-3-1-2-4-8(7)13(16)11(12)9-5-6-10(19-9)14(17)18/h5-6,15H,1-4H2. The van der Waals surface area contributed by atoms with Crippen molar-refractivity contribution < 1.29 is 19.3 Å². The minimum absolute atomic E-state index is 0.0152. The van der Waals surface area contributed by atoms with Gasteiger partial charge in [-0.05, 0) is 17.6 Å². The van der Waals surface area contributed by atoms with Crippen molar-refractivity contribution >= 4 is 5.88 Å². The first-order chi connectivity index (χ1) is 9.09. The molecule has 8 nitrogen and oxygen atoms in total. The average molecular weight is 265 g/mol. The van der Waals surface area contributed by atoms with Crippen LogP contribution in [0.3, 0.4) is 0 Å². The van der Waals surface area contributed by atoms with E-state index in [9.17, 15) is 20.5 Å². The lowest BCUT2D eigenvalue weighted by atomic mass is 10.0. The maximum Gasteiger partial charge on any atom is 0.433 e. The molecule has 3 rings (SSSR count). The fourth-order valence-corrected chi connectivity index (χ4v) is 2.41. The third-order valence-corrected chi connectivity index (χ3v) is 3.30. The minimum Gasteiger partial charge on any atom is -0.710 e. The molecule has 0 radical (unpaired) electrons. The van der Waals surface area contributed by atoms with E-state index in [1.807, 2.05) is 0 Å². The molecule has 0 aromatic carbocycles. The molecule has 100 valence electrons. The molecule has 1 aliphatic carbocycles. The fraction of sp³-hybridized carbons (Fsp3) is 0.364. The van der Waals surface area contributed by atoms with Gasteiger partial charge in [-0.1, -0.05) is 0 Å². The summed E-state index contributed by atoms with van der Waals surface area (Å²) in [5.41, 5.74) is 1.05. The molecular weight excluding hydrogens is 254 g/mol. The monoisotopic (exact) mass is 265 g/mol. The normalized spacial score (nSPS) is 14.3. The first-order valence-electron chi connectivity index (χ1n) is 5.89. The highest BCUT2D eigenvalue weighted by Gasteiger charge is 2.33. The van der Waals surface area contributed by atoms with E-state index in [1.165, 1.54) is 6.07 Å². The van der Waals surface area contributed by atoms with Crippen LogP contribution in [0.1, 0.15) is 24.2 Å². The van der Waals surface area contributed by atoms with Crippen LogP contribution >= 0.6 is 0 Å². The van der Waals surface area contributed by atoms with E-state index in [1.54, 1.807) is 0 Å². The second-order valence-electron chi connectivity index (χ2n) is 4.43. The van der Waals surface area contributed by atoms with Crippen LogP contribution in [0.4, 0.5) is 5.88 Å². The number of hydrogen-bond donors (Lipinski definition) is 1. The van der Waals surface area contributed by atoms with Gasteiger partial charge in [-0.3, -0.25) is 10.1 Å². The number of fused-ring (bicyclic) bond motifs is 1. The van der Waals surface area contributed by atoms with Gasteiger partial charge in [0.2, 0.25) is 5.76 Å². The van der Waals surface area contributed by atoms with Crippen LogP contribution in [0.5, 0.6) is 0 Å². The first-order valence-corrected chi connectivity index (χ1v) is 5.89. The predicted molar refractivity (Wildman–Crippen MR) is 61.6 cm³/mol. The van der Waals surface area contributed by atoms with Crippen molar-refractivity contribution in [1.82, 2.24) is 4.73 Å².